The first kappa shape index (κ1) is 9.99. The monoisotopic (exact) mass is 162 g/mol. The Morgan fingerprint density at radius 1 is 1.50 bits per heavy atom. The summed E-state index contributed by atoms with van der Waals surface area (Å²) in [6, 6.07) is 0. The summed E-state index contributed by atoms with van der Waals surface area (Å²) in [5.41, 5.74) is 0. The summed E-state index contributed by atoms with van der Waals surface area (Å²) in [5, 5.41) is 0. The summed E-state index contributed by atoms with van der Waals surface area (Å²) < 4.78 is 5.29. The van der Waals surface area contributed by atoms with Crippen molar-refractivity contribution in [2.75, 3.05) is 12.5 Å². The molecule has 0 amide bonds. The number of halogens is 1. The van der Waals surface area contributed by atoms with Crippen molar-refractivity contribution in [3.63, 3.8) is 0 Å². The molecular formula is C8H15ClO. The second-order valence-electron chi connectivity index (χ2n) is 2.13. The van der Waals surface area contributed by atoms with E-state index in [0.29, 0.717) is 12.0 Å². The minimum atomic E-state index is 0.324. The Morgan fingerprint density at radius 2 is 2.20 bits per heavy atom. The third-order valence-corrected chi connectivity index (χ3v) is 1.35. The molecular weight excluding hydrogens is 148 g/mol. The quantitative estimate of drug-likeness (QED) is 0.446. The predicted molar refractivity (Wildman–Crippen MR) is 45.6 cm³/mol. The van der Waals surface area contributed by atoms with Gasteiger partial charge in [0.05, 0.1) is 6.10 Å². The molecule has 0 spiro atoms. The molecule has 0 fully saturated rings. The lowest BCUT2D eigenvalue weighted by molar-refractivity contribution is 0.0787. The van der Waals surface area contributed by atoms with E-state index in [4.69, 9.17) is 16.3 Å². The van der Waals surface area contributed by atoms with Gasteiger partial charge in [-0.15, -0.1) is 11.6 Å². The highest BCUT2D eigenvalue weighted by atomic mass is 35.5. The average Bonchev–Trinajstić information content (AvgIpc) is 1.89. The van der Waals surface area contributed by atoms with E-state index < -0.39 is 0 Å². The van der Waals surface area contributed by atoms with Crippen molar-refractivity contribution < 1.29 is 4.74 Å². The number of hydrogen-bond donors (Lipinski definition) is 0. The first-order chi connectivity index (χ1) is 4.81. The Balaban J connectivity index is 3.20. The number of hydrogen-bond acceptors (Lipinski definition) is 1. The Hall–Kier alpha value is -0.0100. The number of allylic oxidation sites excluding steroid dienone is 1. The Labute approximate surface area is 68.0 Å². The number of rotatable bonds is 5. The van der Waals surface area contributed by atoms with Crippen LogP contribution in [0.25, 0.3) is 0 Å². The second-order valence-corrected chi connectivity index (χ2v) is 2.44. The van der Waals surface area contributed by atoms with Gasteiger partial charge in [0.25, 0.3) is 0 Å². The normalized spacial score (nSPS) is 14.3. The Bertz CT molecular complexity index is 91.3. The van der Waals surface area contributed by atoms with Gasteiger partial charge in [0.15, 0.2) is 0 Å². The zero-order valence-electron chi connectivity index (χ0n) is 6.64. The van der Waals surface area contributed by atoms with Gasteiger partial charge in [-0.05, 0) is 20.3 Å². The molecule has 10 heavy (non-hydrogen) atoms. The van der Waals surface area contributed by atoms with Crippen LogP contribution in [0.3, 0.4) is 0 Å². The van der Waals surface area contributed by atoms with E-state index in [1.54, 1.807) is 0 Å². The van der Waals surface area contributed by atoms with Crippen molar-refractivity contribution in [1.29, 1.82) is 0 Å². The molecule has 0 saturated carbocycles. The molecule has 2 heteroatoms. The van der Waals surface area contributed by atoms with Crippen molar-refractivity contribution in [2.24, 2.45) is 0 Å². The maximum absolute atomic E-state index is 5.43. The summed E-state index contributed by atoms with van der Waals surface area (Å²) in [7, 11) is 0. The van der Waals surface area contributed by atoms with Crippen LogP contribution in [-0.2, 0) is 4.74 Å². The molecule has 1 atom stereocenters. The van der Waals surface area contributed by atoms with Gasteiger partial charge in [0.1, 0.15) is 0 Å². The van der Waals surface area contributed by atoms with Crippen LogP contribution in [0.4, 0.5) is 0 Å². The molecule has 0 aromatic heterocycles. The fraction of sp³-hybridized carbons (Fsp3) is 0.750. The fourth-order valence-electron chi connectivity index (χ4n) is 0.703. The van der Waals surface area contributed by atoms with Gasteiger partial charge in [-0.25, -0.2) is 0 Å². The van der Waals surface area contributed by atoms with Crippen LogP contribution in [0, 0.1) is 0 Å². The van der Waals surface area contributed by atoms with Crippen molar-refractivity contribution >= 4 is 11.6 Å². The van der Waals surface area contributed by atoms with E-state index in [-0.39, 0.29) is 0 Å². The van der Waals surface area contributed by atoms with Crippen LogP contribution >= 0.6 is 11.6 Å². The van der Waals surface area contributed by atoms with E-state index in [0.717, 1.165) is 13.0 Å². The standard InChI is InChI=1S/C8H15ClO/c1-3-10-8(2)6-4-5-7-9/h4-5,8H,3,6-7H2,1-2H3/b5-4+. The Kier molecular flexibility index (Phi) is 7.09. The first-order valence-corrected chi connectivity index (χ1v) is 4.17. The van der Waals surface area contributed by atoms with Gasteiger partial charge in [0.2, 0.25) is 0 Å². The highest BCUT2D eigenvalue weighted by Gasteiger charge is 1.94. The number of ether oxygens (including phenoxy) is 1. The third-order valence-electron chi connectivity index (χ3n) is 1.17. The topological polar surface area (TPSA) is 9.23 Å². The minimum Gasteiger partial charge on any atom is -0.378 e. The molecule has 0 aromatic carbocycles. The molecule has 0 aliphatic heterocycles. The van der Waals surface area contributed by atoms with Crippen LogP contribution in [-0.4, -0.2) is 18.6 Å². The van der Waals surface area contributed by atoms with Gasteiger partial charge in [-0.1, -0.05) is 12.2 Å². The first-order valence-electron chi connectivity index (χ1n) is 3.63. The molecule has 0 aliphatic carbocycles. The zero-order valence-corrected chi connectivity index (χ0v) is 7.40. The SMILES string of the molecule is CCOC(C)C/C=C/CCl. The maximum atomic E-state index is 5.43. The second kappa shape index (κ2) is 7.10. The van der Waals surface area contributed by atoms with Gasteiger partial charge >= 0.3 is 0 Å². The van der Waals surface area contributed by atoms with Gasteiger partial charge in [-0.2, -0.15) is 0 Å². The molecule has 1 nitrogen and oxygen atoms in total. The molecule has 0 aliphatic rings. The van der Waals surface area contributed by atoms with Crippen molar-refractivity contribution in [3.05, 3.63) is 12.2 Å². The van der Waals surface area contributed by atoms with Crippen molar-refractivity contribution in [1.82, 2.24) is 0 Å². The maximum Gasteiger partial charge on any atom is 0.0581 e. The molecule has 0 heterocycles. The minimum absolute atomic E-state index is 0.324. The van der Waals surface area contributed by atoms with Crippen LogP contribution in [0.15, 0.2) is 12.2 Å². The average molecular weight is 163 g/mol. The molecule has 0 aromatic rings. The van der Waals surface area contributed by atoms with E-state index in [9.17, 15) is 0 Å². The highest BCUT2D eigenvalue weighted by molar-refractivity contribution is 6.18. The summed E-state index contributed by atoms with van der Waals surface area (Å²) in [6.07, 6.45) is 5.27. The van der Waals surface area contributed by atoms with E-state index in [1.807, 2.05) is 19.1 Å². The lowest BCUT2D eigenvalue weighted by Crippen LogP contribution is -2.05. The predicted octanol–water partition coefficient (Wildman–Crippen LogP) is 2.60. The van der Waals surface area contributed by atoms with Crippen LogP contribution in [0.1, 0.15) is 20.3 Å². The van der Waals surface area contributed by atoms with Gasteiger partial charge in [0, 0.05) is 12.5 Å². The lowest BCUT2D eigenvalue weighted by Gasteiger charge is -2.06. The Morgan fingerprint density at radius 3 is 2.70 bits per heavy atom. The molecule has 0 bridgehead atoms. The van der Waals surface area contributed by atoms with Gasteiger partial charge < -0.3 is 4.74 Å². The molecule has 0 rings (SSSR count). The summed E-state index contributed by atoms with van der Waals surface area (Å²) in [5.74, 6) is 0.596. The molecule has 0 saturated heterocycles. The smallest absolute Gasteiger partial charge is 0.0581 e. The molecule has 1 unspecified atom stereocenters. The molecule has 60 valence electrons. The summed E-state index contributed by atoms with van der Waals surface area (Å²) in [6.45, 7) is 4.85. The van der Waals surface area contributed by atoms with Crippen molar-refractivity contribution in [2.45, 2.75) is 26.4 Å². The van der Waals surface area contributed by atoms with Crippen LogP contribution in [0.2, 0.25) is 0 Å². The number of alkyl halides is 1. The highest BCUT2D eigenvalue weighted by Crippen LogP contribution is 1.97. The van der Waals surface area contributed by atoms with E-state index in [2.05, 4.69) is 6.92 Å². The summed E-state index contributed by atoms with van der Waals surface area (Å²) >= 11 is 5.43. The van der Waals surface area contributed by atoms with E-state index >= 15 is 0 Å². The van der Waals surface area contributed by atoms with Crippen LogP contribution in [0.5, 0.6) is 0 Å². The van der Waals surface area contributed by atoms with Crippen LogP contribution < -0.4 is 0 Å². The third kappa shape index (κ3) is 6.12. The fourth-order valence-corrected chi connectivity index (χ4v) is 0.829. The molecule has 0 radical (unpaired) electrons. The van der Waals surface area contributed by atoms with Crippen molar-refractivity contribution in [3.8, 4) is 0 Å². The van der Waals surface area contributed by atoms with Gasteiger partial charge in [-0.3, -0.25) is 0 Å². The lowest BCUT2D eigenvalue weighted by atomic mass is 10.3. The largest absolute Gasteiger partial charge is 0.378 e. The molecule has 0 N–H and O–H groups in total. The van der Waals surface area contributed by atoms with E-state index in [1.165, 1.54) is 0 Å². The summed E-state index contributed by atoms with van der Waals surface area (Å²) in [4.78, 5) is 0. The zero-order chi connectivity index (χ0) is 7.82.